The Morgan fingerprint density at radius 3 is 2.79 bits per heavy atom. The first kappa shape index (κ1) is 20.0. The molecule has 1 saturated heterocycles. The molecule has 0 spiro atoms. The van der Waals surface area contributed by atoms with Crippen LogP contribution in [-0.2, 0) is 11.2 Å². The Balaban J connectivity index is 1.74. The molecule has 0 unspecified atom stereocenters. The van der Waals surface area contributed by atoms with Gasteiger partial charge in [-0.05, 0) is 64.3 Å². The quantitative estimate of drug-likeness (QED) is 0.831. The molecule has 4 rings (SSSR count). The van der Waals surface area contributed by atoms with Crippen LogP contribution in [0.15, 0.2) is 24.5 Å². The Hall–Kier alpha value is -2.34. The molecule has 156 valence electrons. The van der Waals surface area contributed by atoms with Crippen molar-refractivity contribution >= 4 is 11.6 Å². The number of anilines is 1. The second kappa shape index (κ2) is 8.57. The molecule has 0 bridgehead atoms. The number of hydrogen-bond acceptors (Lipinski definition) is 4. The zero-order valence-electron chi connectivity index (χ0n) is 17.8. The predicted molar refractivity (Wildman–Crippen MR) is 116 cm³/mol. The molecule has 1 N–H and O–H groups in total. The standard InChI is InChI=1S/C23H32N4O2/c1-4-13-29-23-20(18-14-25-26(15-18)19-9-11-24-12-10-19)7-8-22-21(23)6-5-16(2)27(22)17(3)28/h7-8,14-16,19,24H,4-6,9-13H2,1-3H3/t16-/m0/s1. The molecule has 1 fully saturated rings. The van der Waals surface area contributed by atoms with Gasteiger partial charge in [0, 0.05) is 35.9 Å². The van der Waals surface area contributed by atoms with Crippen molar-refractivity contribution in [2.75, 3.05) is 24.6 Å². The molecule has 1 aromatic carbocycles. The van der Waals surface area contributed by atoms with Crippen molar-refractivity contribution in [1.82, 2.24) is 15.1 Å². The second-order valence-corrected chi connectivity index (χ2v) is 8.26. The van der Waals surface area contributed by atoms with Crippen molar-refractivity contribution in [3.05, 3.63) is 30.1 Å². The third kappa shape index (κ3) is 3.90. The normalized spacial score (nSPS) is 19.8. The van der Waals surface area contributed by atoms with E-state index in [2.05, 4.69) is 47.3 Å². The first-order chi connectivity index (χ1) is 14.1. The predicted octanol–water partition coefficient (Wildman–Crippen LogP) is 3.95. The highest BCUT2D eigenvalue weighted by molar-refractivity contribution is 5.95. The Bertz CT molecular complexity index is 870. The monoisotopic (exact) mass is 396 g/mol. The van der Waals surface area contributed by atoms with Gasteiger partial charge in [0.25, 0.3) is 0 Å². The van der Waals surface area contributed by atoms with Crippen molar-refractivity contribution in [2.24, 2.45) is 0 Å². The fraction of sp³-hybridized carbons (Fsp3) is 0.565. The van der Waals surface area contributed by atoms with Gasteiger partial charge in [0.05, 0.1) is 24.5 Å². The van der Waals surface area contributed by atoms with Crippen molar-refractivity contribution in [2.45, 2.75) is 65.0 Å². The molecule has 2 aromatic rings. The van der Waals surface area contributed by atoms with Gasteiger partial charge >= 0.3 is 0 Å². The highest BCUT2D eigenvalue weighted by atomic mass is 16.5. The largest absolute Gasteiger partial charge is 0.493 e. The van der Waals surface area contributed by atoms with Crippen LogP contribution in [0.2, 0.25) is 0 Å². The molecule has 29 heavy (non-hydrogen) atoms. The molecule has 2 aliphatic heterocycles. The summed E-state index contributed by atoms with van der Waals surface area (Å²) in [4.78, 5) is 14.2. The van der Waals surface area contributed by atoms with E-state index in [0.29, 0.717) is 12.6 Å². The summed E-state index contributed by atoms with van der Waals surface area (Å²) in [6.45, 7) is 8.64. The molecular formula is C23H32N4O2. The van der Waals surface area contributed by atoms with E-state index in [4.69, 9.17) is 4.74 Å². The van der Waals surface area contributed by atoms with E-state index >= 15 is 0 Å². The Morgan fingerprint density at radius 2 is 2.07 bits per heavy atom. The number of rotatable bonds is 5. The summed E-state index contributed by atoms with van der Waals surface area (Å²) < 4.78 is 8.39. The van der Waals surface area contributed by atoms with E-state index in [1.54, 1.807) is 6.92 Å². The van der Waals surface area contributed by atoms with Gasteiger partial charge in [0.2, 0.25) is 5.91 Å². The van der Waals surface area contributed by atoms with E-state index in [9.17, 15) is 4.79 Å². The Morgan fingerprint density at radius 1 is 1.28 bits per heavy atom. The number of ether oxygens (including phenoxy) is 1. The van der Waals surface area contributed by atoms with Crippen molar-refractivity contribution in [3.8, 4) is 16.9 Å². The summed E-state index contributed by atoms with van der Waals surface area (Å²) in [5.41, 5.74) is 4.32. The lowest BCUT2D eigenvalue weighted by Gasteiger charge is -2.36. The van der Waals surface area contributed by atoms with Crippen LogP contribution in [0.1, 0.15) is 58.1 Å². The molecule has 3 heterocycles. The van der Waals surface area contributed by atoms with Gasteiger partial charge in [-0.1, -0.05) is 6.92 Å². The van der Waals surface area contributed by atoms with E-state index < -0.39 is 0 Å². The number of nitrogens with one attached hydrogen (secondary N) is 1. The maximum Gasteiger partial charge on any atom is 0.224 e. The van der Waals surface area contributed by atoms with E-state index in [0.717, 1.165) is 73.3 Å². The van der Waals surface area contributed by atoms with E-state index in [-0.39, 0.29) is 11.9 Å². The minimum Gasteiger partial charge on any atom is -0.493 e. The third-order valence-electron chi connectivity index (χ3n) is 6.13. The maximum atomic E-state index is 12.3. The van der Waals surface area contributed by atoms with Gasteiger partial charge in [0.15, 0.2) is 0 Å². The molecule has 1 amide bonds. The average molecular weight is 397 g/mol. The van der Waals surface area contributed by atoms with Crippen LogP contribution in [0.4, 0.5) is 5.69 Å². The van der Waals surface area contributed by atoms with Gasteiger partial charge < -0.3 is 15.0 Å². The van der Waals surface area contributed by atoms with E-state index in [1.165, 1.54) is 0 Å². The van der Waals surface area contributed by atoms with Crippen molar-refractivity contribution in [1.29, 1.82) is 0 Å². The summed E-state index contributed by atoms with van der Waals surface area (Å²) in [6.07, 6.45) is 9.15. The topological polar surface area (TPSA) is 59.4 Å². The van der Waals surface area contributed by atoms with Gasteiger partial charge in [0.1, 0.15) is 5.75 Å². The number of benzene rings is 1. The third-order valence-corrected chi connectivity index (χ3v) is 6.13. The van der Waals surface area contributed by atoms with Gasteiger partial charge in [-0.15, -0.1) is 0 Å². The van der Waals surface area contributed by atoms with Crippen LogP contribution < -0.4 is 15.0 Å². The second-order valence-electron chi connectivity index (χ2n) is 8.26. The smallest absolute Gasteiger partial charge is 0.224 e. The number of aromatic nitrogens is 2. The molecule has 6 nitrogen and oxygen atoms in total. The molecule has 2 aliphatic rings. The van der Waals surface area contributed by atoms with Crippen molar-refractivity contribution < 1.29 is 9.53 Å². The first-order valence-electron chi connectivity index (χ1n) is 10.9. The van der Waals surface area contributed by atoms with Crippen LogP contribution >= 0.6 is 0 Å². The van der Waals surface area contributed by atoms with Crippen LogP contribution in [-0.4, -0.2) is 41.4 Å². The minimum absolute atomic E-state index is 0.0892. The maximum absolute atomic E-state index is 12.3. The fourth-order valence-corrected chi connectivity index (χ4v) is 4.63. The van der Waals surface area contributed by atoms with Crippen LogP contribution in [0.5, 0.6) is 5.75 Å². The number of nitrogens with zero attached hydrogens (tertiary/aromatic N) is 3. The van der Waals surface area contributed by atoms with Gasteiger partial charge in [-0.3, -0.25) is 9.48 Å². The average Bonchev–Trinajstić information content (AvgIpc) is 3.22. The number of amides is 1. The molecule has 1 aromatic heterocycles. The highest BCUT2D eigenvalue weighted by Crippen LogP contribution is 2.43. The molecule has 1 atom stereocenters. The lowest BCUT2D eigenvalue weighted by molar-refractivity contribution is -0.117. The zero-order chi connectivity index (χ0) is 20.4. The van der Waals surface area contributed by atoms with Crippen molar-refractivity contribution in [3.63, 3.8) is 0 Å². The SMILES string of the molecule is CCCOc1c(-c2cnn(C3CCNCC3)c2)ccc2c1CC[C@H](C)N2C(C)=O. The molecule has 6 heteroatoms. The molecular weight excluding hydrogens is 364 g/mol. The summed E-state index contributed by atoms with van der Waals surface area (Å²) in [5.74, 6) is 1.01. The number of carbonyl (C=O) groups excluding carboxylic acids is 1. The number of carbonyl (C=O) groups is 1. The number of piperidine rings is 1. The number of hydrogen-bond donors (Lipinski definition) is 1. The van der Waals surface area contributed by atoms with Gasteiger partial charge in [-0.25, -0.2) is 0 Å². The zero-order valence-corrected chi connectivity index (χ0v) is 17.8. The lowest BCUT2D eigenvalue weighted by Crippen LogP contribution is -2.40. The summed E-state index contributed by atoms with van der Waals surface area (Å²) in [7, 11) is 0. The number of fused-ring (bicyclic) bond motifs is 1. The van der Waals surface area contributed by atoms with Gasteiger partial charge in [-0.2, -0.15) is 5.10 Å². The Labute approximate surface area is 173 Å². The fourth-order valence-electron chi connectivity index (χ4n) is 4.63. The summed E-state index contributed by atoms with van der Waals surface area (Å²) in [6, 6.07) is 4.86. The lowest BCUT2D eigenvalue weighted by atomic mass is 9.92. The highest BCUT2D eigenvalue weighted by Gasteiger charge is 2.30. The minimum atomic E-state index is 0.0892. The van der Waals surface area contributed by atoms with Crippen LogP contribution in [0, 0.1) is 0 Å². The molecule has 0 radical (unpaired) electrons. The van der Waals surface area contributed by atoms with Crippen LogP contribution in [0.3, 0.4) is 0 Å². The Kier molecular flexibility index (Phi) is 5.90. The van der Waals surface area contributed by atoms with Crippen LogP contribution in [0.25, 0.3) is 11.1 Å². The molecule has 0 saturated carbocycles. The van der Waals surface area contributed by atoms with E-state index in [1.807, 2.05) is 11.1 Å². The summed E-state index contributed by atoms with van der Waals surface area (Å²) >= 11 is 0. The summed E-state index contributed by atoms with van der Waals surface area (Å²) in [5, 5.41) is 8.09. The molecule has 0 aliphatic carbocycles. The first-order valence-corrected chi connectivity index (χ1v) is 10.9.